The Kier molecular flexibility index (Phi) is 1.01. The predicted octanol–water partition coefficient (Wildman–Crippen LogP) is 1.36. The summed E-state index contributed by atoms with van der Waals surface area (Å²) in [6, 6.07) is 3.80. The number of furan rings is 1. The lowest BCUT2D eigenvalue weighted by atomic mass is 10.3. The van der Waals surface area contributed by atoms with Gasteiger partial charge in [0.2, 0.25) is 7.05 Å². The molecule has 2 rings (SSSR count). The van der Waals surface area contributed by atoms with Crippen LogP contribution in [0.4, 0.5) is 0 Å². The van der Waals surface area contributed by atoms with Gasteiger partial charge in [0.15, 0.2) is 12.4 Å². The summed E-state index contributed by atoms with van der Waals surface area (Å²) < 4.78 is 6.88. The summed E-state index contributed by atoms with van der Waals surface area (Å²) in [5.41, 5.74) is 0.903. The van der Waals surface area contributed by atoms with Gasteiger partial charge in [0, 0.05) is 6.07 Å². The quantitative estimate of drug-likeness (QED) is 0.496. The average Bonchev–Trinajstić information content (AvgIpc) is 2.33. The summed E-state index contributed by atoms with van der Waals surface area (Å²) in [5, 5.41) is 1.08. The maximum absolute atomic E-state index is 5.13. The summed E-state index contributed by atoms with van der Waals surface area (Å²) in [6.07, 6.45) is 5.44. The Bertz CT molecular complexity index is 351. The van der Waals surface area contributed by atoms with Crippen LogP contribution in [0.2, 0.25) is 0 Å². The molecule has 2 heteroatoms. The van der Waals surface area contributed by atoms with E-state index in [0.29, 0.717) is 0 Å². The van der Waals surface area contributed by atoms with Gasteiger partial charge in [-0.2, -0.15) is 4.57 Å². The normalized spacial score (nSPS) is 10.5. The van der Waals surface area contributed by atoms with Crippen LogP contribution < -0.4 is 4.57 Å². The van der Waals surface area contributed by atoms with Gasteiger partial charge < -0.3 is 4.42 Å². The molecule has 0 fully saturated rings. The van der Waals surface area contributed by atoms with Gasteiger partial charge >= 0.3 is 0 Å². The topological polar surface area (TPSA) is 17.0 Å². The van der Waals surface area contributed by atoms with E-state index in [4.69, 9.17) is 4.42 Å². The molecule has 0 saturated carbocycles. The first-order valence-electron chi connectivity index (χ1n) is 3.06. The molecule has 2 aromatic heterocycles. The molecule has 0 spiro atoms. The molecule has 0 amide bonds. The van der Waals surface area contributed by atoms with Crippen LogP contribution in [0.5, 0.6) is 0 Å². The van der Waals surface area contributed by atoms with Gasteiger partial charge in [-0.25, -0.2) is 0 Å². The van der Waals surface area contributed by atoms with Gasteiger partial charge in [0.1, 0.15) is 5.58 Å². The number of rotatable bonds is 0. The number of aromatic nitrogens is 1. The Labute approximate surface area is 58.7 Å². The molecule has 0 unspecified atom stereocenters. The standard InChI is InChI=1S/C8H7NO/c1-9-4-2-8-7(6-9)3-5-10-8/h2-6H,1H2/q+1. The molecule has 0 aliphatic rings. The second-order valence-corrected chi connectivity index (χ2v) is 2.20. The summed E-state index contributed by atoms with van der Waals surface area (Å²) in [7, 11) is 3.73. The Hall–Kier alpha value is -1.31. The van der Waals surface area contributed by atoms with Crippen molar-refractivity contribution in [1.82, 2.24) is 0 Å². The monoisotopic (exact) mass is 133 g/mol. The molecule has 2 heterocycles. The van der Waals surface area contributed by atoms with Crippen LogP contribution in [0.3, 0.4) is 0 Å². The van der Waals surface area contributed by atoms with Crippen molar-refractivity contribution in [3.8, 4) is 0 Å². The van der Waals surface area contributed by atoms with Crippen molar-refractivity contribution in [2.75, 3.05) is 0 Å². The van der Waals surface area contributed by atoms with Crippen LogP contribution >= 0.6 is 0 Å². The van der Waals surface area contributed by atoms with Crippen molar-refractivity contribution >= 4 is 11.0 Å². The Morgan fingerprint density at radius 1 is 1.40 bits per heavy atom. The van der Waals surface area contributed by atoms with Gasteiger partial charge in [-0.1, -0.05) is 0 Å². The lowest BCUT2D eigenvalue weighted by molar-refractivity contribution is -0.610. The maximum atomic E-state index is 5.13. The molecule has 0 N–H and O–H groups in total. The van der Waals surface area contributed by atoms with Crippen LogP contribution in [0.1, 0.15) is 0 Å². The number of fused-ring (bicyclic) bond motifs is 1. The van der Waals surface area contributed by atoms with Crippen molar-refractivity contribution in [3.63, 3.8) is 0 Å². The first kappa shape index (κ1) is 5.47. The number of pyridine rings is 1. The molecule has 2 aromatic rings. The summed E-state index contributed by atoms with van der Waals surface area (Å²) in [5.74, 6) is 0. The van der Waals surface area contributed by atoms with Crippen LogP contribution in [-0.2, 0) is 0 Å². The first-order valence-corrected chi connectivity index (χ1v) is 3.06. The highest BCUT2D eigenvalue weighted by Crippen LogP contribution is 2.10. The fraction of sp³-hybridized carbons (Fsp3) is 0. The minimum atomic E-state index is 0.903. The third-order valence-corrected chi connectivity index (χ3v) is 1.45. The van der Waals surface area contributed by atoms with Crippen molar-refractivity contribution in [3.05, 3.63) is 37.8 Å². The van der Waals surface area contributed by atoms with E-state index < -0.39 is 0 Å². The first-order chi connectivity index (χ1) is 4.86. The van der Waals surface area contributed by atoms with E-state index in [1.165, 1.54) is 0 Å². The molecule has 0 aliphatic carbocycles. The zero-order valence-electron chi connectivity index (χ0n) is 5.45. The zero-order chi connectivity index (χ0) is 6.97. The second kappa shape index (κ2) is 1.84. The SMILES string of the molecule is [CH2][n+]1ccc2occc2c1. The highest BCUT2D eigenvalue weighted by molar-refractivity contribution is 5.74. The lowest BCUT2D eigenvalue weighted by Crippen LogP contribution is -2.22. The van der Waals surface area contributed by atoms with Gasteiger partial charge in [-0.15, -0.1) is 0 Å². The molecule has 0 bridgehead atoms. The van der Waals surface area contributed by atoms with E-state index in [1.807, 2.05) is 24.5 Å². The van der Waals surface area contributed by atoms with Crippen molar-refractivity contribution < 1.29 is 8.98 Å². The minimum absolute atomic E-state index is 0.903. The Balaban J connectivity index is 2.86. The van der Waals surface area contributed by atoms with E-state index in [9.17, 15) is 0 Å². The molecule has 49 valence electrons. The molecule has 0 aromatic carbocycles. The second-order valence-electron chi connectivity index (χ2n) is 2.20. The summed E-state index contributed by atoms with van der Waals surface area (Å²) >= 11 is 0. The van der Waals surface area contributed by atoms with Gasteiger partial charge in [-0.3, -0.25) is 0 Å². The number of hydrogen-bond donors (Lipinski definition) is 0. The fourth-order valence-electron chi connectivity index (χ4n) is 0.958. The van der Waals surface area contributed by atoms with E-state index in [2.05, 4.69) is 7.05 Å². The fourth-order valence-corrected chi connectivity index (χ4v) is 0.958. The summed E-state index contributed by atoms with van der Waals surface area (Å²) in [4.78, 5) is 0. The molecular formula is C8H7NO+. The van der Waals surface area contributed by atoms with Gasteiger partial charge in [-0.05, 0) is 6.07 Å². The largest absolute Gasteiger partial charge is 0.464 e. The van der Waals surface area contributed by atoms with Gasteiger partial charge in [0.05, 0.1) is 11.6 Å². The minimum Gasteiger partial charge on any atom is -0.464 e. The Morgan fingerprint density at radius 2 is 2.30 bits per heavy atom. The third kappa shape index (κ3) is 0.692. The third-order valence-electron chi connectivity index (χ3n) is 1.45. The van der Waals surface area contributed by atoms with Gasteiger partial charge in [0.25, 0.3) is 0 Å². The number of nitrogens with zero attached hydrogens (tertiary/aromatic N) is 1. The van der Waals surface area contributed by atoms with E-state index >= 15 is 0 Å². The average molecular weight is 133 g/mol. The van der Waals surface area contributed by atoms with Crippen molar-refractivity contribution in [1.29, 1.82) is 0 Å². The van der Waals surface area contributed by atoms with Crippen LogP contribution in [0.15, 0.2) is 35.2 Å². The Morgan fingerprint density at radius 3 is 3.20 bits per heavy atom. The highest BCUT2D eigenvalue weighted by Gasteiger charge is 1.99. The number of hydrogen-bond acceptors (Lipinski definition) is 1. The molecule has 0 saturated heterocycles. The van der Waals surface area contributed by atoms with E-state index in [0.717, 1.165) is 11.0 Å². The maximum Gasteiger partial charge on any atom is 0.206 e. The van der Waals surface area contributed by atoms with Crippen LogP contribution in [0, 0.1) is 7.05 Å². The predicted molar refractivity (Wildman–Crippen MR) is 37.2 cm³/mol. The van der Waals surface area contributed by atoms with E-state index in [1.54, 1.807) is 10.8 Å². The highest BCUT2D eigenvalue weighted by atomic mass is 16.3. The summed E-state index contributed by atoms with van der Waals surface area (Å²) in [6.45, 7) is 0. The van der Waals surface area contributed by atoms with E-state index in [-0.39, 0.29) is 0 Å². The lowest BCUT2D eigenvalue weighted by Gasteiger charge is -1.83. The zero-order valence-corrected chi connectivity index (χ0v) is 5.45. The smallest absolute Gasteiger partial charge is 0.206 e. The molecule has 1 radical (unpaired) electrons. The van der Waals surface area contributed by atoms with Crippen molar-refractivity contribution in [2.45, 2.75) is 0 Å². The molecule has 0 atom stereocenters. The molecule has 10 heavy (non-hydrogen) atoms. The molecule has 0 aliphatic heterocycles. The van der Waals surface area contributed by atoms with Crippen LogP contribution in [-0.4, -0.2) is 0 Å². The van der Waals surface area contributed by atoms with Crippen LogP contribution in [0.25, 0.3) is 11.0 Å². The molecule has 2 nitrogen and oxygen atoms in total. The van der Waals surface area contributed by atoms with Crippen molar-refractivity contribution in [2.24, 2.45) is 0 Å². The molecular weight excluding hydrogens is 126 g/mol.